The predicted octanol–water partition coefficient (Wildman–Crippen LogP) is 1.66. The van der Waals surface area contributed by atoms with Crippen molar-refractivity contribution in [2.24, 2.45) is 0 Å². The molecule has 0 spiro atoms. The third-order valence-electron chi connectivity index (χ3n) is 1.35. The molecule has 3 nitrogen and oxygen atoms in total. The number of carbonyl (C=O) groups excluding carboxylic acids is 1. The van der Waals surface area contributed by atoms with Crippen molar-refractivity contribution >= 4 is 5.97 Å². The van der Waals surface area contributed by atoms with Gasteiger partial charge in [-0.1, -0.05) is 12.2 Å². The van der Waals surface area contributed by atoms with E-state index in [1.54, 1.807) is 27.7 Å². The standard InChI is InChI=1S/C10H18O3/c1-7(2)8(11)6-9(12)13-10(3,4)5/h8,11H,1,6H2,2-5H3/t8-/m0/s1. The Balaban J connectivity index is 3.96. The molecular formula is C10H18O3. The number of aliphatic hydroxyl groups excluding tert-OH is 1. The Labute approximate surface area is 79.4 Å². The number of aliphatic hydroxyl groups is 1. The first-order valence-corrected chi connectivity index (χ1v) is 4.27. The highest BCUT2D eigenvalue weighted by molar-refractivity contribution is 5.70. The van der Waals surface area contributed by atoms with Crippen LogP contribution in [0.3, 0.4) is 0 Å². The van der Waals surface area contributed by atoms with Crippen molar-refractivity contribution in [2.75, 3.05) is 0 Å². The van der Waals surface area contributed by atoms with Gasteiger partial charge in [-0.3, -0.25) is 4.79 Å². The smallest absolute Gasteiger partial charge is 0.309 e. The maximum Gasteiger partial charge on any atom is 0.309 e. The molecule has 0 aliphatic heterocycles. The normalized spacial score (nSPS) is 13.6. The van der Waals surface area contributed by atoms with Gasteiger partial charge in [0.25, 0.3) is 0 Å². The van der Waals surface area contributed by atoms with E-state index in [4.69, 9.17) is 4.74 Å². The van der Waals surface area contributed by atoms with E-state index < -0.39 is 17.7 Å². The minimum Gasteiger partial charge on any atom is -0.460 e. The summed E-state index contributed by atoms with van der Waals surface area (Å²) in [6, 6.07) is 0. The van der Waals surface area contributed by atoms with Crippen molar-refractivity contribution in [3.8, 4) is 0 Å². The van der Waals surface area contributed by atoms with Crippen LogP contribution in [0.5, 0.6) is 0 Å². The molecule has 0 saturated heterocycles. The van der Waals surface area contributed by atoms with Crippen LogP contribution in [0.15, 0.2) is 12.2 Å². The molecule has 1 atom stereocenters. The van der Waals surface area contributed by atoms with Crippen molar-refractivity contribution in [2.45, 2.75) is 45.8 Å². The maximum absolute atomic E-state index is 11.2. The SMILES string of the molecule is C=C(C)[C@@H](O)CC(=O)OC(C)(C)C. The van der Waals surface area contributed by atoms with Gasteiger partial charge in [-0.2, -0.15) is 0 Å². The van der Waals surface area contributed by atoms with Gasteiger partial charge in [-0.05, 0) is 27.7 Å². The van der Waals surface area contributed by atoms with Gasteiger partial charge in [0.1, 0.15) is 5.60 Å². The Morgan fingerprint density at radius 3 is 2.31 bits per heavy atom. The van der Waals surface area contributed by atoms with Crippen LogP contribution >= 0.6 is 0 Å². The molecule has 0 aromatic heterocycles. The number of ether oxygens (including phenoxy) is 1. The first-order valence-electron chi connectivity index (χ1n) is 4.27. The van der Waals surface area contributed by atoms with E-state index in [9.17, 15) is 9.90 Å². The summed E-state index contributed by atoms with van der Waals surface area (Å²) in [5.74, 6) is -0.400. The van der Waals surface area contributed by atoms with E-state index in [0.29, 0.717) is 5.57 Å². The van der Waals surface area contributed by atoms with Crippen molar-refractivity contribution in [3.63, 3.8) is 0 Å². The average molecular weight is 186 g/mol. The quantitative estimate of drug-likeness (QED) is 0.538. The van der Waals surface area contributed by atoms with Gasteiger partial charge in [-0.25, -0.2) is 0 Å². The fourth-order valence-electron chi connectivity index (χ4n) is 0.715. The highest BCUT2D eigenvalue weighted by Gasteiger charge is 2.19. The van der Waals surface area contributed by atoms with E-state index in [-0.39, 0.29) is 6.42 Å². The molecule has 0 aromatic rings. The first-order chi connectivity index (χ1) is 5.72. The molecule has 0 fully saturated rings. The molecule has 0 aliphatic carbocycles. The zero-order valence-corrected chi connectivity index (χ0v) is 8.76. The first kappa shape index (κ1) is 12.2. The molecular weight excluding hydrogens is 168 g/mol. The topological polar surface area (TPSA) is 46.5 Å². The summed E-state index contributed by atoms with van der Waals surface area (Å²) in [7, 11) is 0. The van der Waals surface area contributed by atoms with Crippen LogP contribution in [0.25, 0.3) is 0 Å². The predicted molar refractivity (Wildman–Crippen MR) is 51.3 cm³/mol. The van der Waals surface area contributed by atoms with Gasteiger partial charge in [0.15, 0.2) is 0 Å². The molecule has 0 heterocycles. The molecule has 13 heavy (non-hydrogen) atoms. The number of hydrogen-bond donors (Lipinski definition) is 1. The van der Waals surface area contributed by atoms with Crippen LogP contribution in [-0.4, -0.2) is 22.8 Å². The summed E-state index contributed by atoms with van der Waals surface area (Å²) >= 11 is 0. The highest BCUT2D eigenvalue weighted by atomic mass is 16.6. The molecule has 0 bridgehead atoms. The number of hydrogen-bond acceptors (Lipinski definition) is 3. The average Bonchev–Trinajstić information content (AvgIpc) is 1.81. The Hall–Kier alpha value is -0.830. The molecule has 0 radical (unpaired) electrons. The van der Waals surface area contributed by atoms with Crippen LogP contribution in [-0.2, 0) is 9.53 Å². The lowest BCUT2D eigenvalue weighted by molar-refractivity contribution is -0.156. The van der Waals surface area contributed by atoms with Gasteiger partial charge < -0.3 is 9.84 Å². The van der Waals surface area contributed by atoms with Gasteiger partial charge in [0.2, 0.25) is 0 Å². The van der Waals surface area contributed by atoms with Crippen molar-refractivity contribution in [3.05, 3.63) is 12.2 Å². The molecule has 0 unspecified atom stereocenters. The van der Waals surface area contributed by atoms with Crippen molar-refractivity contribution in [1.82, 2.24) is 0 Å². The van der Waals surface area contributed by atoms with Crippen molar-refractivity contribution in [1.29, 1.82) is 0 Å². The minimum absolute atomic E-state index is 0.0212. The van der Waals surface area contributed by atoms with Gasteiger partial charge in [-0.15, -0.1) is 0 Å². The minimum atomic E-state index is -0.796. The Bertz CT molecular complexity index is 201. The largest absolute Gasteiger partial charge is 0.460 e. The zero-order valence-electron chi connectivity index (χ0n) is 8.76. The fourth-order valence-corrected chi connectivity index (χ4v) is 0.715. The lowest BCUT2D eigenvalue weighted by atomic mass is 10.1. The number of carbonyl (C=O) groups is 1. The lowest BCUT2D eigenvalue weighted by Crippen LogP contribution is -2.26. The molecule has 0 rings (SSSR count). The lowest BCUT2D eigenvalue weighted by Gasteiger charge is -2.20. The van der Waals surface area contributed by atoms with Gasteiger partial charge in [0.05, 0.1) is 12.5 Å². The summed E-state index contributed by atoms with van der Waals surface area (Å²) in [6.45, 7) is 10.6. The molecule has 1 N–H and O–H groups in total. The Morgan fingerprint density at radius 2 is 2.00 bits per heavy atom. The number of esters is 1. The fraction of sp³-hybridized carbons (Fsp3) is 0.700. The highest BCUT2D eigenvalue weighted by Crippen LogP contribution is 2.11. The number of rotatable bonds is 3. The monoisotopic (exact) mass is 186 g/mol. The molecule has 76 valence electrons. The van der Waals surface area contributed by atoms with E-state index in [2.05, 4.69) is 6.58 Å². The maximum atomic E-state index is 11.2. The van der Waals surface area contributed by atoms with Crippen LogP contribution < -0.4 is 0 Å². The van der Waals surface area contributed by atoms with Gasteiger partial charge >= 0.3 is 5.97 Å². The van der Waals surface area contributed by atoms with Crippen LogP contribution in [0.2, 0.25) is 0 Å². The third-order valence-corrected chi connectivity index (χ3v) is 1.35. The van der Waals surface area contributed by atoms with Crippen LogP contribution in [0.4, 0.5) is 0 Å². The van der Waals surface area contributed by atoms with Crippen LogP contribution in [0, 0.1) is 0 Å². The van der Waals surface area contributed by atoms with Gasteiger partial charge in [0, 0.05) is 0 Å². The third kappa shape index (κ3) is 6.34. The Morgan fingerprint density at radius 1 is 1.54 bits per heavy atom. The second-order valence-electron chi connectivity index (χ2n) is 4.15. The summed E-state index contributed by atoms with van der Waals surface area (Å²) in [5, 5.41) is 9.29. The zero-order chi connectivity index (χ0) is 10.6. The van der Waals surface area contributed by atoms with E-state index in [0.717, 1.165) is 0 Å². The molecule has 0 amide bonds. The molecule has 0 saturated carbocycles. The summed E-state index contributed by atoms with van der Waals surface area (Å²) < 4.78 is 5.02. The summed E-state index contributed by atoms with van der Waals surface area (Å²) in [4.78, 5) is 11.2. The van der Waals surface area contributed by atoms with Crippen LogP contribution in [0.1, 0.15) is 34.1 Å². The molecule has 0 aliphatic rings. The Kier molecular flexibility index (Phi) is 4.14. The summed E-state index contributed by atoms with van der Waals surface area (Å²) in [6.07, 6.45) is -0.818. The summed E-state index contributed by atoms with van der Waals surface area (Å²) in [5.41, 5.74) is 0.0807. The molecule has 3 heteroatoms. The van der Waals surface area contributed by atoms with E-state index in [1.807, 2.05) is 0 Å². The second-order valence-corrected chi connectivity index (χ2v) is 4.15. The van der Waals surface area contributed by atoms with Crippen molar-refractivity contribution < 1.29 is 14.6 Å². The van der Waals surface area contributed by atoms with E-state index >= 15 is 0 Å². The molecule has 0 aromatic carbocycles. The van der Waals surface area contributed by atoms with E-state index in [1.165, 1.54) is 0 Å². The second kappa shape index (κ2) is 4.42.